The first-order chi connectivity index (χ1) is 17.2. The minimum absolute atomic E-state index is 0.0459. The number of nitrogens with one attached hydrogen (secondary N) is 1. The van der Waals surface area contributed by atoms with Crippen molar-refractivity contribution in [3.8, 4) is 0 Å². The molecule has 3 aromatic rings. The van der Waals surface area contributed by atoms with Gasteiger partial charge in [-0.25, -0.2) is 13.5 Å². The third-order valence-corrected chi connectivity index (χ3v) is 9.11. The fourth-order valence-electron chi connectivity index (χ4n) is 3.74. The van der Waals surface area contributed by atoms with Gasteiger partial charge in [0.05, 0.1) is 18.2 Å². The van der Waals surface area contributed by atoms with Gasteiger partial charge in [-0.05, 0) is 36.2 Å². The number of benzene rings is 1. The molecule has 0 bridgehead atoms. The third-order valence-electron chi connectivity index (χ3n) is 5.49. The van der Waals surface area contributed by atoms with Gasteiger partial charge < -0.3 is 34.4 Å². The summed E-state index contributed by atoms with van der Waals surface area (Å²) < 4.78 is 62.3. The summed E-state index contributed by atoms with van der Waals surface area (Å²) in [5, 5.41) is 17.6. The lowest BCUT2D eigenvalue weighted by Crippen LogP contribution is -2.31. The van der Waals surface area contributed by atoms with Crippen LogP contribution in [0.2, 0.25) is 5.28 Å². The molecular weight excluding hydrogens is 562 g/mol. The molecular formula is C19H22ClF2N5O8P2. The van der Waals surface area contributed by atoms with Gasteiger partial charge in [-0.2, -0.15) is 15.1 Å². The van der Waals surface area contributed by atoms with E-state index in [0.29, 0.717) is 5.39 Å². The van der Waals surface area contributed by atoms with Crippen LogP contribution < -0.4 is 5.32 Å². The molecule has 5 N–H and O–H groups in total. The Balaban J connectivity index is 1.55. The number of anilines is 1. The van der Waals surface area contributed by atoms with Gasteiger partial charge in [-0.15, -0.1) is 0 Å². The van der Waals surface area contributed by atoms with Gasteiger partial charge in [0, 0.05) is 6.04 Å². The van der Waals surface area contributed by atoms with Gasteiger partial charge in [0.15, 0.2) is 23.9 Å². The van der Waals surface area contributed by atoms with Crippen LogP contribution in [0, 0.1) is 5.82 Å². The minimum Gasteiger partial charge on any atom is -0.387 e. The second-order valence-corrected chi connectivity index (χ2v) is 12.7. The van der Waals surface area contributed by atoms with Crippen LogP contribution in [0.4, 0.5) is 14.6 Å². The van der Waals surface area contributed by atoms with Gasteiger partial charge in [-0.3, -0.25) is 9.13 Å². The number of hydrogen-bond acceptors (Lipinski definition) is 9. The van der Waals surface area contributed by atoms with E-state index in [9.17, 15) is 23.5 Å². The predicted molar refractivity (Wildman–Crippen MR) is 126 cm³/mol. The van der Waals surface area contributed by atoms with Crippen LogP contribution in [-0.4, -0.2) is 70.4 Å². The number of aliphatic hydroxyl groups is 1. The van der Waals surface area contributed by atoms with Crippen molar-refractivity contribution in [2.45, 2.75) is 37.6 Å². The molecule has 1 fully saturated rings. The number of rotatable bonds is 9. The van der Waals surface area contributed by atoms with Gasteiger partial charge in [-0.1, -0.05) is 12.1 Å². The average Bonchev–Trinajstić information content (AvgIpc) is 3.32. The Morgan fingerprint density at radius 3 is 2.57 bits per heavy atom. The molecule has 0 aliphatic carbocycles. The summed E-state index contributed by atoms with van der Waals surface area (Å²) in [7, 11) is -9.63. The minimum atomic E-state index is -4.88. The van der Waals surface area contributed by atoms with E-state index >= 15 is 4.39 Å². The fraction of sp³-hybridized carbons (Fsp3) is 0.421. The lowest BCUT2D eigenvalue weighted by molar-refractivity contribution is -0.0472. The summed E-state index contributed by atoms with van der Waals surface area (Å²) >= 11 is 6.08. The molecule has 4 rings (SSSR count). The molecule has 0 radical (unpaired) electrons. The maximum absolute atomic E-state index is 15.0. The zero-order valence-electron chi connectivity index (χ0n) is 18.9. The summed E-state index contributed by atoms with van der Waals surface area (Å²) in [6, 6.07) is 5.44. The molecule has 0 saturated carbocycles. The van der Waals surface area contributed by atoms with Crippen molar-refractivity contribution in [1.82, 2.24) is 19.7 Å². The second kappa shape index (κ2) is 10.6. The standard InChI is InChI=1S/C19H22ClF2N5O8P2/c1-9(10-2-4-11(21)5-3-10)24-16-12-6-23-27(17(12)26-19(20)25-16)18-14(22)15(28)13(35-18)7-34-37(32,33)8-36(29,30)31/h2-6,9,13-15,18,28H,7-8H2,1H3,(H,32,33)(H,24,25,26)(H2,29,30,31)/t9-,13-,14+,15-,18-/m1/s1. The number of fused-ring (bicyclic) bond motifs is 1. The number of aliphatic hydroxyl groups excluding tert-OH is 1. The maximum atomic E-state index is 15.0. The fourth-order valence-corrected chi connectivity index (χ4v) is 6.47. The van der Waals surface area contributed by atoms with Crippen molar-refractivity contribution in [2.75, 3.05) is 17.8 Å². The van der Waals surface area contributed by atoms with Crippen LogP contribution in [0.15, 0.2) is 30.5 Å². The highest BCUT2D eigenvalue weighted by atomic mass is 35.5. The maximum Gasteiger partial charge on any atom is 0.340 e. The Hall–Kier alpha value is -2.06. The van der Waals surface area contributed by atoms with Crippen molar-refractivity contribution in [3.05, 3.63) is 47.1 Å². The van der Waals surface area contributed by atoms with Crippen molar-refractivity contribution >= 4 is 43.6 Å². The Kier molecular flexibility index (Phi) is 8.01. The number of hydrogen-bond donors (Lipinski definition) is 5. The highest BCUT2D eigenvalue weighted by Gasteiger charge is 2.47. The summed E-state index contributed by atoms with van der Waals surface area (Å²) in [6.45, 7) is 0.966. The largest absolute Gasteiger partial charge is 0.387 e. The molecule has 13 nitrogen and oxygen atoms in total. The van der Waals surface area contributed by atoms with E-state index in [1.54, 1.807) is 19.1 Å². The molecule has 6 atom stereocenters. The number of alkyl halides is 1. The van der Waals surface area contributed by atoms with Crippen LogP contribution in [-0.2, 0) is 18.4 Å². The molecule has 37 heavy (non-hydrogen) atoms. The molecule has 202 valence electrons. The zero-order chi connectivity index (χ0) is 27.1. The van der Waals surface area contributed by atoms with Crippen LogP contribution in [0.1, 0.15) is 24.8 Å². The van der Waals surface area contributed by atoms with Crippen molar-refractivity contribution in [3.63, 3.8) is 0 Å². The molecule has 1 unspecified atom stereocenters. The molecule has 1 saturated heterocycles. The van der Waals surface area contributed by atoms with Crippen LogP contribution in [0.25, 0.3) is 11.0 Å². The lowest BCUT2D eigenvalue weighted by atomic mass is 10.1. The summed E-state index contributed by atoms with van der Waals surface area (Å²) in [4.78, 5) is 35.6. The third kappa shape index (κ3) is 6.51. The van der Waals surface area contributed by atoms with E-state index in [-0.39, 0.29) is 22.8 Å². The van der Waals surface area contributed by atoms with Gasteiger partial charge in [0.25, 0.3) is 0 Å². The summed E-state index contributed by atoms with van der Waals surface area (Å²) in [5.74, 6) is -1.60. The number of nitrogens with zero attached hydrogens (tertiary/aromatic N) is 4. The molecule has 2 aromatic heterocycles. The number of halogens is 3. The molecule has 1 aromatic carbocycles. The number of aromatic nitrogens is 4. The smallest absolute Gasteiger partial charge is 0.340 e. The Bertz CT molecular complexity index is 1380. The first kappa shape index (κ1) is 28.0. The van der Waals surface area contributed by atoms with Gasteiger partial charge >= 0.3 is 15.2 Å². The highest BCUT2D eigenvalue weighted by Crippen LogP contribution is 2.55. The van der Waals surface area contributed by atoms with Crippen LogP contribution in [0.3, 0.4) is 0 Å². The normalized spacial score (nSPS) is 24.8. The van der Waals surface area contributed by atoms with E-state index in [1.165, 1.54) is 18.3 Å². The second-order valence-electron chi connectivity index (χ2n) is 8.32. The molecule has 18 heteroatoms. The molecule has 3 heterocycles. The SMILES string of the molecule is C[C@@H](Nc1nc(Cl)nc2c1cnn2[C@@H]1O[C@H](COP(=O)(O)CP(=O)(O)O)[C@@H](O)[C@@H]1F)c1ccc(F)cc1. The number of ether oxygens (including phenoxy) is 1. The van der Waals surface area contributed by atoms with E-state index in [1.807, 2.05) is 0 Å². The quantitative estimate of drug-likeness (QED) is 0.183. The van der Waals surface area contributed by atoms with Gasteiger partial charge in [0.1, 0.15) is 23.8 Å². The summed E-state index contributed by atoms with van der Waals surface area (Å²) in [6.07, 6.45) is -5.61. The van der Waals surface area contributed by atoms with Crippen LogP contribution >= 0.6 is 26.8 Å². The zero-order valence-corrected chi connectivity index (χ0v) is 21.5. The van der Waals surface area contributed by atoms with E-state index in [4.69, 9.17) is 26.1 Å². The lowest BCUT2D eigenvalue weighted by Gasteiger charge is -2.18. The first-order valence-corrected chi connectivity index (χ1v) is 14.6. The van der Waals surface area contributed by atoms with E-state index in [0.717, 1.165) is 10.2 Å². The molecule has 0 amide bonds. The monoisotopic (exact) mass is 583 g/mol. The molecule has 1 aliphatic rings. The van der Waals surface area contributed by atoms with E-state index in [2.05, 4.69) is 24.9 Å². The predicted octanol–water partition coefficient (Wildman–Crippen LogP) is 2.73. The molecule has 1 aliphatic heterocycles. The Morgan fingerprint density at radius 1 is 1.24 bits per heavy atom. The van der Waals surface area contributed by atoms with Crippen molar-refractivity contribution < 1.29 is 47.0 Å². The van der Waals surface area contributed by atoms with Crippen LogP contribution in [0.5, 0.6) is 0 Å². The van der Waals surface area contributed by atoms with E-state index < -0.39 is 58.1 Å². The highest BCUT2D eigenvalue weighted by molar-refractivity contribution is 7.70. The Labute approximate surface area is 213 Å². The van der Waals surface area contributed by atoms with Crippen molar-refractivity contribution in [2.24, 2.45) is 0 Å². The topological polar surface area (TPSA) is 189 Å². The van der Waals surface area contributed by atoms with Gasteiger partial charge in [0.2, 0.25) is 5.28 Å². The van der Waals surface area contributed by atoms with Crippen molar-refractivity contribution in [1.29, 1.82) is 0 Å². The average molecular weight is 584 g/mol. The Morgan fingerprint density at radius 2 is 1.92 bits per heavy atom. The molecule has 0 spiro atoms. The first-order valence-electron chi connectivity index (χ1n) is 10.7. The summed E-state index contributed by atoms with van der Waals surface area (Å²) in [5.41, 5.74) is 0.787.